The normalized spacial score (nSPS) is 10.4. The molecule has 0 bridgehead atoms. The number of rotatable bonds is 3. The molecule has 20 heavy (non-hydrogen) atoms. The molecule has 0 saturated carbocycles. The van der Waals surface area contributed by atoms with Crippen LogP contribution in [0.25, 0.3) is 10.2 Å². The number of hydrogen-bond donors (Lipinski definition) is 0. The molecular weight excluding hydrogens is 274 g/mol. The first-order chi connectivity index (χ1) is 9.76. The summed E-state index contributed by atoms with van der Waals surface area (Å²) in [6, 6.07) is 12.2. The Morgan fingerprint density at radius 1 is 1.10 bits per heavy atom. The summed E-state index contributed by atoms with van der Waals surface area (Å²) in [5.74, 6) is 0.821. The highest BCUT2D eigenvalue weighted by Crippen LogP contribution is 2.21. The molecule has 0 aliphatic heterocycles. The molecule has 2 aromatic carbocycles. The molecule has 0 unspecified atom stereocenters. The number of hydrogen-bond acceptors (Lipinski definition) is 5. The van der Waals surface area contributed by atoms with Crippen molar-refractivity contribution in [1.29, 1.82) is 0 Å². The Morgan fingerprint density at radius 2 is 1.85 bits per heavy atom. The SMILES string of the molecule is COc1ccc(OC(=O)c2ccc3ncsc3c2)cc1. The maximum Gasteiger partial charge on any atom is 0.343 e. The summed E-state index contributed by atoms with van der Waals surface area (Å²) >= 11 is 1.49. The molecule has 0 atom stereocenters. The molecule has 0 saturated heterocycles. The number of carbonyl (C=O) groups is 1. The van der Waals surface area contributed by atoms with Crippen LogP contribution in [0, 0.1) is 0 Å². The predicted molar refractivity (Wildman–Crippen MR) is 77.6 cm³/mol. The summed E-state index contributed by atoms with van der Waals surface area (Å²) in [7, 11) is 1.59. The van der Waals surface area contributed by atoms with Gasteiger partial charge < -0.3 is 9.47 Å². The van der Waals surface area contributed by atoms with Crippen LogP contribution in [0.4, 0.5) is 0 Å². The van der Waals surface area contributed by atoms with Crippen molar-refractivity contribution in [2.24, 2.45) is 0 Å². The second kappa shape index (κ2) is 5.30. The maximum absolute atomic E-state index is 12.1. The van der Waals surface area contributed by atoms with Crippen LogP contribution in [0.5, 0.6) is 11.5 Å². The fourth-order valence-corrected chi connectivity index (χ4v) is 2.51. The van der Waals surface area contributed by atoms with Crippen LogP contribution in [0.3, 0.4) is 0 Å². The number of carbonyl (C=O) groups excluding carboxylic acids is 1. The lowest BCUT2D eigenvalue weighted by molar-refractivity contribution is 0.0735. The van der Waals surface area contributed by atoms with E-state index in [2.05, 4.69) is 4.98 Å². The first-order valence-electron chi connectivity index (χ1n) is 5.96. The molecule has 0 aliphatic carbocycles. The third kappa shape index (κ3) is 2.48. The third-order valence-corrected chi connectivity index (χ3v) is 3.63. The third-order valence-electron chi connectivity index (χ3n) is 2.84. The molecule has 0 aliphatic rings. The molecule has 100 valence electrons. The monoisotopic (exact) mass is 285 g/mol. The van der Waals surface area contributed by atoms with E-state index in [1.807, 2.05) is 6.07 Å². The van der Waals surface area contributed by atoms with E-state index in [9.17, 15) is 4.79 Å². The van der Waals surface area contributed by atoms with Gasteiger partial charge in [0.2, 0.25) is 0 Å². The van der Waals surface area contributed by atoms with Crippen LogP contribution in [0.2, 0.25) is 0 Å². The molecule has 0 amide bonds. The number of esters is 1. The summed E-state index contributed by atoms with van der Waals surface area (Å²) in [6.45, 7) is 0. The lowest BCUT2D eigenvalue weighted by atomic mass is 10.2. The van der Waals surface area contributed by atoms with Gasteiger partial charge in [0.1, 0.15) is 11.5 Å². The molecule has 3 rings (SSSR count). The van der Waals surface area contributed by atoms with Crippen LogP contribution in [-0.4, -0.2) is 18.1 Å². The molecule has 0 N–H and O–H groups in total. The van der Waals surface area contributed by atoms with Gasteiger partial charge in [0.05, 0.1) is 28.4 Å². The summed E-state index contributed by atoms with van der Waals surface area (Å²) in [4.78, 5) is 16.2. The second-order valence-corrected chi connectivity index (χ2v) is 4.99. The molecule has 0 spiro atoms. The fraction of sp³-hybridized carbons (Fsp3) is 0.0667. The summed E-state index contributed by atoms with van der Waals surface area (Å²) in [6.07, 6.45) is 0. The van der Waals surface area contributed by atoms with Crippen molar-refractivity contribution >= 4 is 27.5 Å². The van der Waals surface area contributed by atoms with E-state index in [4.69, 9.17) is 9.47 Å². The Morgan fingerprint density at radius 3 is 2.60 bits per heavy atom. The highest BCUT2D eigenvalue weighted by Gasteiger charge is 2.10. The Balaban J connectivity index is 1.80. The van der Waals surface area contributed by atoms with Gasteiger partial charge in [-0.1, -0.05) is 0 Å². The van der Waals surface area contributed by atoms with Gasteiger partial charge in [-0.25, -0.2) is 9.78 Å². The van der Waals surface area contributed by atoms with E-state index in [0.29, 0.717) is 11.3 Å². The van der Waals surface area contributed by atoms with Gasteiger partial charge in [0.15, 0.2) is 0 Å². The number of thiazole rings is 1. The average Bonchev–Trinajstić information content (AvgIpc) is 2.95. The van der Waals surface area contributed by atoms with Crippen LogP contribution in [-0.2, 0) is 0 Å². The fourth-order valence-electron chi connectivity index (χ4n) is 1.79. The minimum atomic E-state index is -0.384. The maximum atomic E-state index is 12.1. The number of fused-ring (bicyclic) bond motifs is 1. The zero-order chi connectivity index (χ0) is 13.9. The Kier molecular flexibility index (Phi) is 3.35. The summed E-state index contributed by atoms with van der Waals surface area (Å²) < 4.78 is 11.3. The summed E-state index contributed by atoms with van der Waals surface area (Å²) in [5.41, 5.74) is 3.15. The van der Waals surface area contributed by atoms with Crippen molar-refractivity contribution in [2.75, 3.05) is 7.11 Å². The molecule has 1 aromatic heterocycles. The van der Waals surface area contributed by atoms with Crippen LogP contribution >= 0.6 is 11.3 Å². The number of ether oxygens (including phenoxy) is 2. The van der Waals surface area contributed by atoms with E-state index in [-0.39, 0.29) is 5.97 Å². The summed E-state index contributed by atoms with van der Waals surface area (Å²) in [5, 5.41) is 0. The number of aromatic nitrogens is 1. The first-order valence-corrected chi connectivity index (χ1v) is 6.84. The number of nitrogens with zero attached hydrogens (tertiary/aromatic N) is 1. The minimum Gasteiger partial charge on any atom is -0.497 e. The predicted octanol–water partition coefficient (Wildman–Crippen LogP) is 3.52. The zero-order valence-electron chi connectivity index (χ0n) is 10.7. The van der Waals surface area contributed by atoms with E-state index in [1.54, 1.807) is 49.0 Å². The average molecular weight is 285 g/mol. The van der Waals surface area contributed by atoms with Crippen LogP contribution in [0.1, 0.15) is 10.4 Å². The minimum absolute atomic E-state index is 0.384. The molecule has 0 radical (unpaired) electrons. The lowest BCUT2D eigenvalue weighted by Crippen LogP contribution is -2.08. The van der Waals surface area contributed by atoms with Gasteiger partial charge in [-0.2, -0.15) is 0 Å². The van der Waals surface area contributed by atoms with Crippen LogP contribution < -0.4 is 9.47 Å². The van der Waals surface area contributed by atoms with Gasteiger partial charge >= 0.3 is 5.97 Å². The largest absolute Gasteiger partial charge is 0.497 e. The number of methoxy groups -OCH3 is 1. The van der Waals surface area contributed by atoms with E-state index >= 15 is 0 Å². The van der Waals surface area contributed by atoms with Crippen molar-refractivity contribution in [3.63, 3.8) is 0 Å². The Hall–Kier alpha value is -2.40. The van der Waals surface area contributed by atoms with Gasteiger partial charge in [0, 0.05) is 0 Å². The Bertz CT molecular complexity index is 749. The van der Waals surface area contributed by atoms with Gasteiger partial charge in [-0.3, -0.25) is 0 Å². The smallest absolute Gasteiger partial charge is 0.343 e. The molecular formula is C15H11NO3S. The molecule has 5 heteroatoms. The second-order valence-electron chi connectivity index (χ2n) is 4.10. The van der Waals surface area contributed by atoms with Crippen LogP contribution in [0.15, 0.2) is 48.0 Å². The molecule has 0 fully saturated rings. The van der Waals surface area contributed by atoms with Crippen molar-refractivity contribution in [3.8, 4) is 11.5 Å². The van der Waals surface area contributed by atoms with E-state index in [1.165, 1.54) is 11.3 Å². The van der Waals surface area contributed by atoms with Gasteiger partial charge in [0.25, 0.3) is 0 Å². The van der Waals surface area contributed by atoms with Gasteiger partial charge in [-0.05, 0) is 42.5 Å². The quantitative estimate of drug-likeness (QED) is 0.545. The first kappa shape index (κ1) is 12.6. The zero-order valence-corrected chi connectivity index (χ0v) is 11.5. The highest BCUT2D eigenvalue weighted by molar-refractivity contribution is 7.16. The van der Waals surface area contributed by atoms with E-state index in [0.717, 1.165) is 16.0 Å². The standard InChI is InChI=1S/C15H11NO3S/c1-18-11-3-5-12(6-4-11)19-15(17)10-2-7-13-14(8-10)20-9-16-13/h2-9H,1H3. The Labute approximate surface area is 119 Å². The highest BCUT2D eigenvalue weighted by atomic mass is 32.1. The van der Waals surface area contributed by atoms with Crippen molar-refractivity contribution in [1.82, 2.24) is 4.98 Å². The topological polar surface area (TPSA) is 48.4 Å². The van der Waals surface area contributed by atoms with E-state index < -0.39 is 0 Å². The van der Waals surface area contributed by atoms with Crippen molar-refractivity contribution < 1.29 is 14.3 Å². The lowest BCUT2D eigenvalue weighted by Gasteiger charge is -2.05. The van der Waals surface area contributed by atoms with Crippen molar-refractivity contribution in [2.45, 2.75) is 0 Å². The van der Waals surface area contributed by atoms with Gasteiger partial charge in [-0.15, -0.1) is 11.3 Å². The van der Waals surface area contributed by atoms with Crippen molar-refractivity contribution in [3.05, 3.63) is 53.5 Å². The number of benzene rings is 2. The molecule has 1 heterocycles. The molecule has 3 aromatic rings. The molecule has 4 nitrogen and oxygen atoms in total.